The third-order valence-corrected chi connectivity index (χ3v) is 1.75. The zero-order valence-electron chi connectivity index (χ0n) is 8.84. The monoisotopic (exact) mass is 184 g/mol. The normalized spacial score (nSPS) is 13.2. The van der Waals surface area contributed by atoms with Crippen LogP contribution < -0.4 is 5.32 Å². The molecule has 0 bridgehead atoms. The quantitative estimate of drug-likeness (QED) is 0.614. The molecule has 3 heteroatoms. The second kappa shape index (κ2) is 7.80. The number of nitrogens with one attached hydrogen (secondary N) is 1. The maximum atomic E-state index is 5.20. The summed E-state index contributed by atoms with van der Waals surface area (Å²) in [6, 6.07) is 0. The van der Waals surface area contributed by atoms with Crippen molar-refractivity contribution in [3.05, 3.63) is 12.4 Å². The average molecular weight is 184 g/mol. The fraction of sp³-hybridized carbons (Fsp3) is 0.700. The van der Waals surface area contributed by atoms with Gasteiger partial charge in [-0.15, -0.1) is 0 Å². The number of aliphatic imine (C=N–C) groups is 1. The summed E-state index contributed by atoms with van der Waals surface area (Å²) in [5.41, 5.74) is 0. The lowest BCUT2D eigenvalue weighted by molar-refractivity contribution is 0.101. The number of rotatable bonds is 7. The van der Waals surface area contributed by atoms with Crippen molar-refractivity contribution in [2.45, 2.75) is 32.8 Å². The van der Waals surface area contributed by atoms with E-state index in [0.717, 1.165) is 19.4 Å². The van der Waals surface area contributed by atoms with E-state index in [2.05, 4.69) is 23.8 Å². The van der Waals surface area contributed by atoms with Gasteiger partial charge in [-0.1, -0.05) is 20.4 Å². The highest BCUT2D eigenvalue weighted by atomic mass is 16.5. The van der Waals surface area contributed by atoms with Crippen molar-refractivity contribution in [2.75, 3.05) is 13.7 Å². The largest absolute Gasteiger partial charge is 0.380 e. The van der Waals surface area contributed by atoms with Gasteiger partial charge in [0.05, 0.1) is 6.10 Å². The molecule has 0 aliphatic rings. The Morgan fingerprint density at radius 1 is 1.62 bits per heavy atom. The van der Waals surface area contributed by atoms with Crippen LogP contribution in [-0.2, 0) is 4.74 Å². The predicted molar refractivity (Wildman–Crippen MR) is 57.0 cm³/mol. The van der Waals surface area contributed by atoms with Gasteiger partial charge < -0.3 is 10.1 Å². The first-order valence-corrected chi connectivity index (χ1v) is 4.72. The molecule has 0 aromatic rings. The van der Waals surface area contributed by atoms with Gasteiger partial charge in [0.2, 0.25) is 0 Å². The molecule has 0 heterocycles. The summed E-state index contributed by atoms with van der Waals surface area (Å²) < 4.78 is 5.20. The topological polar surface area (TPSA) is 33.6 Å². The Kier molecular flexibility index (Phi) is 7.30. The van der Waals surface area contributed by atoms with Crippen molar-refractivity contribution >= 4 is 6.21 Å². The Bertz CT molecular complexity index is 162. The molecule has 0 aliphatic carbocycles. The molecule has 0 spiro atoms. The van der Waals surface area contributed by atoms with E-state index < -0.39 is 0 Å². The van der Waals surface area contributed by atoms with Gasteiger partial charge in [0.15, 0.2) is 0 Å². The summed E-state index contributed by atoms with van der Waals surface area (Å²) >= 11 is 0. The van der Waals surface area contributed by atoms with E-state index in [1.807, 2.05) is 13.1 Å². The summed E-state index contributed by atoms with van der Waals surface area (Å²) in [5.74, 6) is 0.706. The van der Waals surface area contributed by atoms with Crippen LogP contribution in [0.15, 0.2) is 17.4 Å². The molecule has 0 aromatic heterocycles. The van der Waals surface area contributed by atoms with Gasteiger partial charge >= 0.3 is 0 Å². The minimum Gasteiger partial charge on any atom is -0.380 e. The number of ether oxygens (including phenoxy) is 1. The number of methoxy groups -OCH3 is 1. The first kappa shape index (κ1) is 12.2. The van der Waals surface area contributed by atoms with Gasteiger partial charge in [-0.3, -0.25) is 0 Å². The molecule has 76 valence electrons. The van der Waals surface area contributed by atoms with E-state index in [1.165, 1.54) is 0 Å². The predicted octanol–water partition coefficient (Wildman–Crippen LogP) is 1.95. The second-order valence-corrected chi connectivity index (χ2v) is 2.81. The summed E-state index contributed by atoms with van der Waals surface area (Å²) in [5, 5.41) is 3.10. The molecule has 1 unspecified atom stereocenters. The molecule has 13 heavy (non-hydrogen) atoms. The lowest BCUT2D eigenvalue weighted by Gasteiger charge is -2.13. The molecule has 1 N–H and O–H groups in total. The summed E-state index contributed by atoms with van der Waals surface area (Å²) in [6.45, 7) is 8.67. The summed E-state index contributed by atoms with van der Waals surface area (Å²) in [4.78, 5) is 4.10. The first-order valence-electron chi connectivity index (χ1n) is 4.72. The molecule has 3 nitrogen and oxygen atoms in total. The van der Waals surface area contributed by atoms with E-state index in [1.54, 1.807) is 7.11 Å². The highest BCUT2D eigenvalue weighted by molar-refractivity contribution is 5.58. The lowest BCUT2D eigenvalue weighted by Crippen LogP contribution is -2.26. The summed E-state index contributed by atoms with van der Waals surface area (Å²) in [7, 11) is 1.72. The van der Waals surface area contributed by atoms with Crippen LogP contribution in [-0.4, -0.2) is 26.0 Å². The first-order chi connectivity index (χ1) is 6.24. The Morgan fingerprint density at radius 2 is 2.31 bits per heavy atom. The van der Waals surface area contributed by atoms with Crippen molar-refractivity contribution in [1.29, 1.82) is 0 Å². The van der Waals surface area contributed by atoms with E-state index in [9.17, 15) is 0 Å². The van der Waals surface area contributed by atoms with Crippen molar-refractivity contribution < 1.29 is 4.74 Å². The second-order valence-electron chi connectivity index (χ2n) is 2.81. The molecule has 0 saturated carbocycles. The van der Waals surface area contributed by atoms with Crippen LogP contribution in [0.5, 0.6) is 0 Å². The van der Waals surface area contributed by atoms with E-state index in [4.69, 9.17) is 4.74 Å². The van der Waals surface area contributed by atoms with Crippen molar-refractivity contribution in [1.82, 2.24) is 5.32 Å². The molecule has 0 saturated heterocycles. The van der Waals surface area contributed by atoms with Crippen LogP contribution in [0.25, 0.3) is 0 Å². The third-order valence-electron chi connectivity index (χ3n) is 1.75. The van der Waals surface area contributed by atoms with E-state index >= 15 is 0 Å². The Labute approximate surface area is 80.9 Å². The SMILES string of the molecule is C=C(/N=C\CC)NCC(CC)OC. The highest BCUT2D eigenvalue weighted by Crippen LogP contribution is 1.95. The van der Waals surface area contributed by atoms with Gasteiger partial charge in [-0.25, -0.2) is 4.99 Å². The Hall–Kier alpha value is -0.830. The van der Waals surface area contributed by atoms with Gasteiger partial charge in [0, 0.05) is 19.9 Å². The van der Waals surface area contributed by atoms with Crippen LogP contribution in [0.2, 0.25) is 0 Å². The Balaban J connectivity index is 3.62. The van der Waals surface area contributed by atoms with Crippen LogP contribution in [0, 0.1) is 0 Å². The minimum absolute atomic E-state index is 0.244. The molecule has 0 aliphatic heterocycles. The number of hydrogen-bond donors (Lipinski definition) is 1. The van der Waals surface area contributed by atoms with Gasteiger partial charge in [0.1, 0.15) is 5.82 Å². The molecule has 1 atom stereocenters. The van der Waals surface area contributed by atoms with Gasteiger partial charge in [-0.05, 0) is 12.8 Å². The molecule has 0 aromatic carbocycles. The standard InChI is InChI=1S/C10H20N2O/c1-5-7-11-9(3)12-8-10(6-2)13-4/h7,10,12H,3,5-6,8H2,1-2,4H3/b11-7-. The fourth-order valence-electron chi connectivity index (χ4n) is 0.873. The van der Waals surface area contributed by atoms with E-state index in [-0.39, 0.29) is 6.10 Å². The highest BCUT2D eigenvalue weighted by Gasteiger charge is 2.02. The average Bonchev–Trinajstić information content (AvgIpc) is 2.16. The smallest absolute Gasteiger partial charge is 0.118 e. The zero-order valence-corrected chi connectivity index (χ0v) is 8.84. The van der Waals surface area contributed by atoms with Crippen LogP contribution in [0.4, 0.5) is 0 Å². The van der Waals surface area contributed by atoms with Crippen LogP contribution >= 0.6 is 0 Å². The summed E-state index contributed by atoms with van der Waals surface area (Å²) in [6.07, 6.45) is 4.01. The number of nitrogens with zero attached hydrogens (tertiary/aromatic N) is 1. The van der Waals surface area contributed by atoms with Crippen molar-refractivity contribution in [2.24, 2.45) is 4.99 Å². The maximum Gasteiger partial charge on any atom is 0.118 e. The number of hydrogen-bond acceptors (Lipinski definition) is 3. The maximum absolute atomic E-state index is 5.20. The minimum atomic E-state index is 0.244. The van der Waals surface area contributed by atoms with Crippen LogP contribution in [0.1, 0.15) is 26.7 Å². The van der Waals surface area contributed by atoms with Crippen LogP contribution in [0.3, 0.4) is 0 Å². The zero-order chi connectivity index (χ0) is 10.1. The molecular formula is C10H20N2O. The molecular weight excluding hydrogens is 164 g/mol. The van der Waals surface area contributed by atoms with Gasteiger partial charge in [-0.2, -0.15) is 0 Å². The molecule has 0 rings (SSSR count). The van der Waals surface area contributed by atoms with E-state index in [0.29, 0.717) is 5.82 Å². The van der Waals surface area contributed by atoms with Gasteiger partial charge in [0.25, 0.3) is 0 Å². The van der Waals surface area contributed by atoms with Crippen molar-refractivity contribution in [3.8, 4) is 0 Å². The Morgan fingerprint density at radius 3 is 2.77 bits per heavy atom. The fourth-order valence-corrected chi connectivity index (χ4v) is 0.873. The molecule has 0 fully saturated rings. The lowest BCUT2D eigenvalue weighted by atomic mass is 10.3. The molecule has 0 radical (unpaired) electrons. The molecule has 0 amide bonds. The third kappa shape index (κ3) is 6.34. The van der Waals surface area contributed by atoms with Crippen molar-refractivity contribution in [3.63, 3.8) is 0 Å².